The molecule has 0 bridgehead atoms. The van der Waals surface area contributed by atoms with Gasteiger partial charge in [-0.25, -0.2) is 9.59 Å². The van der Waals surface area contributed by atoms with Crippen molar-refractivity contribution in [3.05, 3.63) is 108 Å². The Labute approximate surface area is 171 Å². The third-order valence-corrected chi connectivity index (χ3v) is 4.60. The Morgan fingerprint density at radius 3 is 1.45 bits per heavy atom. The van der Waals surface area contributed by atoms with E-state index in [1.165, 1.54) is 0 Å². The standard InChI is InChI=1S/C25H24O4/c1-25(17-20-11-5-2-6-12-20,18-28-23(26)21-13-7-3-8-14-21)19-29-24(27)22-15-9-4-10-16-22/h2-16H,17-19H2,1H3. The van der Waals surface area contributed by atoms with Crippen LogP contribution in [0.2, 0.25) is 0 Å². The van der Waals surface area contributed by atoms with Gasteiger partial charge in [-0.15, -0.1) is 0 Å². The fourth-order valence-electron chi connectivity index (χ4n) is 3.03. The van der Waals surface area contributed by atoms with E-state index in [9.17, 15) is 9.59 Å². The molecule has 3 aromatic carbocycles. The van der Waals surface area contributed by atoms with Crippen LogP contribution in [0.1, 0.15) is 33.2 Å². The van der Waals surface area contributed by atoms with E-state index in [0.29, 0.717) is 17.5 Å². The maximum atomic E-state index is 12.4. The minimum atomic E-state index is -0.559. The second-order valence-corrected chi connectivity index (χ2v) is 7.36. The summed E-state index contributed by atoms with van der Waals surface area (Å²) in [5, 5.41) is 0. The van der Waals surface area contributed by atoms with Crippen LogP contribution in [-0.4, -0.2) is 25.2 Å². The first-order chi connectivity index (χ1) is 14.1. The Kier molecular flexibility index (Phi) is 6.80. The van der Waals surface area contributed by atoms with Crippen LogP contribution in [-0.2, 0) is 15.9 Å². The monoisotopic (exact) mass is 388 g/mol. The fraction of sp³-hybridized carbons (Fsp3) is 0.200. The van der Waals surface area contributed by atoms with Crippen LogP contribution < -0.4 is 0 Å². The molecule has 0 fully saturated rings. The van der Waals surface area contributed by atoms with E-state index in [1.54, 1.807) is 48.5 Å². The van der Waals surface area contributed by atoms with Gasteiger partial charge in [-0.1, -0.05) is 73.7 Å². The van der Waals surface area contributed by atoms with Gasteiger partial charge in [-0.2, -0.15) is 0 Å². The minimum Gasteiger partial charge on any atom is -0.461 e. The highest BCUT2D eigenvalue weighted by atomic mass is 16.5. The molecule has 3 rings (SSSR count). The topological polar surface area (TPSA) is 52.6 Å². The number of hydrogen-bond acceptors (Lipinski definition) is 4. The number of carbonyl (C=O) groups is 2. The molecule has 0 saturated carbocycles. The van der Waals surface area contributed by atoms with Gasteiger partial charge in [0.05, 0.1) is 11.1 Å². The molecular weight excluding hydrogens is 364 g/mol. The molecule has 29 heavy (non-hydrogen) atoms. The summed E-state index contributed by atoms with van der Waals surface area (Å²) >= 11 is 0. The predicted octanol–water partition coefficient (Wildman–Crippen LogP) is 4.95. The molecule has 0 aromatic heterocycles. The molecule has 0 spiro atoms. The van der Waals surface area contributed by atoms with E-state index in [-0.39, 0.29) is 25.2 Å². The van der Waals surface area contributed by atoms with Gasteiger partial charge in [0, 0.05) is 5.41 Å². The number of ether oxygens (including phenoxy) is 2. The normalized spacial score (nSPS) is 10.9. The average molecular weight is 388 g/mol. The molecule has 0 N–H and O–H groups in total. The Bertz CT molecular complexity index is 865. The highest BCUT2D eigenvalue weighted by Gasteiger charge is 2.29. The van der Waals surface area contributed by atoms with Crippen molar-refractivity contribution in [3.8, 4) is 0 Å². The highest BCUT2D eigenvalue weighted by Crippen LogP contribution is 2.25. The molecular formula is C25H24O4. The minimum absolute atomic E-state index is 0.137. The van der Waals surface area contributed by atoms with E-state index in [4.69, 9.17) is 9.47 Å². The summed E-state index contributed by atoms with van der Waals surface area (Å²) in [7, 11) is 0. The molecule has 0 aliphatic carbocycles. The van der Waals surface area contributed by atoms with E-state index >= 15 is 0 Å². The van der Waals surface area contributed by atoms with Crippen molar-refractivity contribution in [3.63, 3.8) is 0 Å². The zero-order valence-electron chi connectivity index (χ0n) is 16.4. The summed E-state index contributed by atoms with van der Waals surface area (Å²) in [6, 6.07) is 27.6. The van der Waals surface area contributed by atoms with Crippen LogP contribution in [0.4, 0.5) is 0 Å². The quantitative estimate of drug-likeness (QED) is 0.513. The molecule has 0 radical (unpaired) electrons. The molecule has 0 atom stereocenters. The lowest BCUT2D eigenvalue weighted by molar-refractivity contribution is 0.000598. The summed E-state index contributed by atoms with van der Waals surface area (Å²) < 4.78 is 11.1. The first kappa shape index (κ1) is 20.3. The molecule has 0 saturated heterocycles. The molecule has 0 unspecified atom stereocenters. The molecule has 0 heterocycles. The van der Waals surface area contributed by atoms with Crippen LogP contribution in [0.15, 0.2) is 91.0 Å². The number of benzene rings is 3. The fourth-order valence-corrected chi connectivity index (χ4v) is 3.03. The Morgan fingerprint density at radius 2 is 1.03 bits per heavy atom. The van der Waals surface area contributed by atoms with Gasteiger partial charge in [0.15, 0.2) is 0 Å². The van der Waals surface area contributed by atoms with Gasteiger partial charge < -0.3 is 9.47 Å². The van der Waals surface area contributed by atoms with Crippen molar-refractivity contribution in [1.82, 2.24) is 0 Å². The summed E-state index contributed by atoms with van der Waals surface area (Å²) in [5.74, 6) is -0.779. The molecule has 3 aromatic rings. The van der Waals surface area contributed by atoms with Gasteiger partial charge in [0.2, 0.25) is 0 Å². The Balaban J connectivity index is 1.69. The predicted molar refractivity (Wildman–Crippen MR) is 112 cm³/mol. The summed E-state index contributed by atoms with van der Waals surface area (Å²) in [4.78, 5) is 24.7. The van der Waals surface area contributed by atoms with Gasteiger partial charge in [-0.05, 0) is 36.2 Å². The second kappa shape index (κ2) is 9.69. The van der Waals surface area contributed by atoms with E-state index < -0.39 is 5.41 Å². The molecule has 0 aliphatic rings. The van der Waals surface area contributed by atoms with E-state index in [1.807, 2.05) is 49.4 Å². The lowest BCUT2D eigenvalue weighted by Gasteiger charge is -2.29. The van der Waals surface area contributed by atoms with E-state index in [2.05, 4.69) is 0 Å². The van der Waals surface area contributed by atoms with Crippen molar-refractivity contribution >= 4 is 11.9 Å². The smallest absolute Gasteiger partial charge is 0.338 e. The molecule has 0 aliphatic heterocycles. The Hall–Kier alpha value is -3.40. The first-order valence-corrected chi connectivity index (χ1v) is 9.54. The van der Waals surface area contributed by atoms with Crippen molar-refractivity contribution < 1.29 is 19.1 Å². The molecule has 4 nitrogen and oxygen atoms in total. The van der Waals surface area contributed by atoms with Crippen molar-refractivity contribution in [2.24, 2.45) is 5.41 Å². The number of esters is 2. The second-order valence-electron chi connectivity index (χ2n) is 7.36. The average Bonchev–Trinajstić information content (AvgIpc) is 2.78. The third-order valence-electron chi connectivity index (χ3n) is 4.60. The summed E-state index contributed by atoms with van der Waals surface area (Å²) in [6.07, 6.45) is 0.609. The van der Waals surface area contributed by atoms with Gasteiger partial charge in [0.25, 0.3) is 0 Å². The molecule has 148 valence electrons. The van der Waals surface area contributed by atoms with Gasteiger partial charge >= 0.3 is 11.9 Å². The molecule has 0 amide bonds. The van der Waals surface area contributed by atoms with E-state index in [0.717, 1.165) is 5.56 Å². The largest absolute Gasteiger partial charge is 0.461 e. The van der Waals surface area contributed by atoms with Crippen LogP contribution >= 0.6 is 0 Å². The summed E-state index contributed by atoms with van der Waals surface area (Å²) in [5.41, 5.74) is 1.52. The van der Waals surface area contributed by atoms with Gasteiger partial charge in [0.1, 0.15) is 13.2 Å². The summed E-state index contributed by atoms with van der Waals surface area (Å²) in [6.45, 7) is 2.23. The number of hydrogen-bond donors (Lipinski definition) is 0. The van der Waals surface area contributed by atoms with Crippen LogP contribution in [0.25, 0.3) is 0 Å². The van der Waals surface area contributed by atoms with Crippen molar-refractivity contribution in [1.29, 1.82) is 0 Å². The Morgan fingerprint density at radius 1 is 0.655 bits per heavy atom. The zero-order valence-corrected chi connectivity index (χ0v) is 16.4. The van der Waals surface area contributed by atoms with Crippen LogP contribution in [0.5, 0.6) is 0 Å². The third kappa shape index (κ3) is 6.04. The highest BCUT2D eigenvalue weighted by molar-refractivity contribution is 5.89. The number of carbonyl (C=O) groups excluding carboxylic acids is 2. The SMILES string of the molecule is CC(COC(=O)c1ccccc1)(COC(=O)c1ccccc1)Cc1ccccc1. The van der Waals surface area contributed by atoms with Crippen LogP contribution in [0.3, 0.4) is 0 Å². The lowest BCUT2D eigenvalue weighted by Crippen LogP contribution is -2.34. The first-order valence-electron chi connectivity index (χ1n) is 9.54. The maximum absolute atomic E-state index is 12.4. The zero-order chi connectivity index (χ0) is 20.5. The lowest BCUT2D eigenvalue weighted by atomic mass is 9.85. The van der Waals surface area contributed by atoms with Crippen molar-refractivity contribution in [2.75, 3.05) is 13.2 Å². The van der Waals surface area contributed by atoms with Crippen LogP contribution in [0, 0.1) is 5.41 Å². The maximum Gasteiger partial charge on any atom is 0.338 e. The van der Waals surface area contributed by atoms with Gasteiger partial charge in [-0.3, -0.25) is 0 Å². The number of rotatable bonds is 8. The van der Waals surface area contributed by atoms with Crippen molar-refractivity contribution in [2.45, 2.75) is 13.3 Å². The molecule has 4 heteroatoms.